The van der Waals surface area contributed by atoms with Gasteiger partial charge < -0.3 is 5.32 Å². The molecular formula is C18H13Cl2N3OS. The van der Waals surface area contributed by atoms with E-state index < -0.39 is 0 Å². The first-order valence-corrected chi connectivity index (χ1v) is 8.93. The van der Waals surface area contributed by atoms with Crippen molar-refractivity contribution in [2.75, 3.05) is 5.32 Å². The highest BCUT2D eigenvalue weighted by Crippen LogP contribution is 2.26. The maximum atomic E-state index is 12.2. The molecule has 0 radical (unpaired) electrons. The molecule has 0 aliphatic heterocycles. The summed E-state index contributed by atoms with van der Waals surface area (Å²) in [4.78, 5) is 12.2. The number of halogens is 2. The van der Waals surface area contributed by atoms with Crippen LogP contribution in [0.15, 0.2) is 48.5 Å². The lowest BCUT2D eigenvalue weighted by Crippen LogP contribution is -2.11. The third-order valence-corrected chi connectivity index (χ3v) is 4.90. The number of anilines is 1. The summed E-state index contributed by atoms with van der Waals surface area (Å²) < 4.78 is 0. The molecule has 0 aliphatic carbocycles. The van der Waals surface area contributed by atoms with E-state index in [2.05, 4.69) is 15.5 Å². The molecule has 4 nitrogen and oxygen atoms in total. The number of carbonyl (C=O) groups is 1. The zero-order chi connectivity index (χ0) is 17.8. The SMILES string of the molecule is Cc1ccc(/C=C(\Cl)c2nnc(C(=O)Nc3ccc(Cl)cc3)s2)cc1. The molecule has 3 aromatic rings. The Morgan fingerprint density at radius 1 is 1.04 bits per heavy atom. The minimum atomic E-state index is -0.342. The molecule has 0 fully saturated rings. The standard InChI is InChI=1S/C18H13Cl2N3OS/c1-11-2-4-12(5-3-11)10-15(20)17-22-23-18(25-17)16(24)21-14-8-6-13(19)7-9-14/h2-10H,1H3,(H,21,24)/b15-10-. The minimum Gasteiger partial charge on any atom is -0.320 e. The lowest BCUT2D eigenvalue weighted by Gasteiger charge is -2.01. The highest BCUT2D eigenvalue weighted by Gasteiger charge is 2.14. The maximum absolute atomic E-state index is 12.2. The highest BCUT2D eigenvalue weighted by molar-refractivity contribution is 7.15. The van der Waals surface area contributed by atoms with E-state index in [0.29, 0.717) is 20.7 Å². The van der Waals surface area contributed by atoms with Crippen LogP contribution in [0.5, 0.6) is 0 Å². The lowest BCUT2D eigenvalue weighted by molar-refractivity contribution is 0.102. The van der Waals surface area contributed by atoms with E-state index in [1.807, 2.05) is 31.2 Å². The molecule has 3 rings (SSSR count). The molecule has 0 atom stereocenters. The number of nitrogens with one attached hydrogen (secondary N) is 1. The second kappa shape index (κ2) is 7.78. The first kappa shape index (κ1) is 17.6. The molecule has 0 saturated heterocycles. The fraction of sp³-hybridized carbons (Fsp3) is 0.0556. The second-order valence-corrected chi connectivity index (χ2v) is 7.10. The number of aryl methyl sites for hydroxylation is 1. The fourth-order valence-electron chi connectivity index (χ4n) is 2.00. The van der Waals surface area contributed by atoms with Gasteiger partial charge in [-0.1, -0.05) is 64.4 Å². The van der Waals surface area contributed by atoms with Gasteiger partial charge >= 0.3 is 0 Å². The molecule has 1 aromatic heterocycles. The van der Waals surface area contributed by atoms with Gasteiger partial charge in [-0.15, -0.1) is 10.2 Å². The van der Waals surface area contributed by atoms with Gasteiger partial charge in [-0.3, -0.25) is 4.79 Å². The van der Waals surface area contributed by atoms with Gasteiger partial charge in [0.15, 0.2) is 5.01 Å². The van der Waals surface area contributed by atoms with Gasteiger partial charge in [-0.25, -0.2) is 0 Å². The van der Waals surface area contributed by atoms with Gasteiger partial charge in [0.25, 0.3) is 5.91 Å². The lowest BCUT2D eigenvalue weighted by atomic mass is 10.1. The van der Waals surface area contributed by atoms with Crippen LogP contribution in [0.3, 0.4) is 0 Å². The first-order chi connectivity index (χ1) is 12.0. The smallest absolute Gasteiger partial charge is 0.286 e. The summed E-state index contributed by atoms with van der Waals surface area (Å²) in [5, 5.41) is 12.4. The third kappa shape index (κ3) is 4.66. The van der Waals surface area contributed by atoms with Crippen LogP contribution in [0, 0.1) is 6.92 Å². The van der Waals surface area contributed by atoms with Crippen LogP contribution in [0.1, 0.15) is 25.9 Å². The van der Waals surface area contributed by atoms with Gasteiger partial charge in [-0.2, -0.15) is 0 Å². The Bertz CT molecular complexity index is 918. The van der Waals surface area contributed by atoms with Crippen LogP contribution in [0.2, 0.25) is 5.02 Å². The Labute approximate surface area is 159 Å². The normalized spacial score (nSPS) is 11.4. The monoisotopic (exact) mass is 389 g/mol. The molecule has 126 valence electrons. The predicted molar refractivity (Wildman–Crippen MR) is 104 cm³/mol. The van der Waals surface area contributed by atoms with E-state index >= 15 is 0 Å². The number of amides is 1. The van der Waals surface area contributed by atoms with Crippen molar-refractivity contribution in [2.45, 2.75) is 6.92 Å². The Hall–Kier alpha value is -2.21. The predicted octanol–water partition coefficient (Wildman–Crippen LogP) is 5.49. The van der Waals surface area contributed by atoms with E-state index in [1.165, 1.54) is 5.56 Å². The molecule has 0 bridgehead atoms. The minimum absolute atomic E-state index is 0.236. The van der Waals surface area contributed by atoms with Crippen LogP contribution >= 0.6 is 34.5 Å². The summed E-state index contributed by atoms with van der Waals surface area (Å²) in [6, 6.07) is 14.8. The molecule has 0 saturated carbocycles. The number of carbonyl (C=O) groups excluding carboxylic acids is 1. The van der Waals surface area contributed by atoms with Crippen molar-refractivity contribution in [2.24, 2.45) is 0 Å². The number of rotatable bonds is 4. The number of hydrogen-bond donors (Lipinski definition) is 1. The zero-order valence-corrected chi connectivity index (χ0v) is 15.5. The molecule has 1 heterocycles. The van der Waals surface area contributed by atoms with Crippen molar-refractivity contribution in [3.05, 3.63) is 74.7 Å². The van der Waals surface area contributed by atoms with Crippen LogP contribution < -0.4 is 5.32 Å². The van der Waals surface area contributed by atoms with E-state index in [-0.39, 0.29) is 10.9 Å². The molecular weight excluding hydrogens is 377 g/mol. The Balaban J connectivity index is 1.73. The summed E-state index contributed by atoms with van der Waals surface area (Å²) in [7, 11) is 0. The molecule has 25 heavy (non-hydrogen) atoms. The van der Waals surface area contributed by atoms with Crippen LogP contribution in [-0.4, -0.2) is 16.1 Å². The quantitative estimate of drug-likeness (QED) is 0.641. The van der Waals surface area contributed by atoms with Gasteiger partial charge in [0, 0.05) is 10.7 Å². The first-order valence-electron chi connectivity index (χ1n) is 7.36. The van der Waals surface area contributed by atoms with Crippen molar-refractivity contribution in [1.82, 2.24) is 10.2 Å². The van der Waals surface area contributed by atoms with E-state index in [4.69, 9.17) is 23.2 Å². The van der Waals surface area contributed by atoms with Crippen LogP contribution in [0.4, 0.5) is 5.69 Å². The van der Waals surface area contributed by atoms with Gasteiger partial charge in [-0.05, 0) is 42.8 Å². The molecule has 0 unspecified atom stereocenters. The van der Waals surface area contributed by atoms with E-state index in [9.17, 15) is 4.79 Å². The Kier molecular flexibility index (Phi) is 5.48. The van der Waals surface area contributed by atoms with Gasteiger partial charge in [0.1, 0.15) is 0 Å². The number of hydrogen-bond acceptors (Lipinski definition) is 4. The molecule has 7 heteroatoms. The number of aromatic nitrogens is 2. The second-order valence-electron chi connectivity index (χ2n) is 5.28. The average Bonchev–Trinajstić information content (AvgIpc) is 3.09. The Morgan fingerprint density at radius 2 is 1.68 bits per heavy atom. The summed E-state index contributed by atoms with van der Waals surface area (Å²) in [6.07, 6.45) is 1.79. The molecule has 0 spiro atoms. The fourth-order valence-corrected chi connectivity index (χ4v) is 3.05. The van der Waals surface area contributed by atoms with Crippen LogP contribution in [0.25, 0.3) is 11.1 Å². The number of nitrogens with zero attached hydrogens (tertiary/aromatic N) is 2. The van der Waals surface area contributed by atoms with Gasteiger partial charge in [0.05, 0.1) is 5.03 Å². The summed E-state index contributed by atoms with van der Waals surface area (Å²) in [5.74, 6) is -0.342. The topological polar surface area (TPSA) is 54.9 Å². The van der Waals surface area contributed by atoms with Crippen LogP contribution in [-0.2, 0) is 0 Å². The molecule has 0 aliphatic rings. The third-order valence-electron chi connectivity index (χ3n) is 3.30. The number of benzene rings is 2. The molecule has 2 aromatic carbocycles. The zero-order valence-electron chi connectivity index (χ0n) is 13.2. The molecule has 1 amide bonds. The summed E-state index contributed by atoms with van der Waals surface area (Å²) in [5.41, 5.74) is 2.76. The summed E-state index contributed by atoms with van der Waals surface area (Å²) >= 11 is 13.3. The van der Waals surface area contributed by atoms with Crippen molar-refractivity contribution in [3.8, 4) is 0 Å². The van der Waals surface area contributed by atoms with Crippen molar-refractivity contribution in [1.29, 1.82) is 0 Å². The Morgan fingerprint density at radius 3 is 2.36 bits per heavy atom. The maximum Gasteiger partial charge on any atom is 0.286 e. The van der Waals surface area contributed by atoms with E-state index in [1.54, 1.807) is 30.3 Å². The van der Waals surface area contributed by atoms with Gasteiger partial charge in [0.2, 0.25) is 5.01 Å². The highest BCUT2D eigenvalue weighted by atomic mass is 35.5. The van der Waals surface area contributed by atoms with E-state index in [0.717, 1.165) is 16.9 Å². The largest absolute Gasteiger partial charge is 0.320 e. The molecule has 1 N–H and O–H groups in total. The van der Waals surface area contributed by atoms with Crippen molar-refractivity contribution in [3.63, 3.8) is 0 Å². The summed E-state index contributed by atoms with van der Waals surface area (Å²) in [6.45, 7) is 2.02. The van der Waals surface area contributed by atoms with Crippen molar-refractivity contribution < 1.29 is 4.79 Å². The van der Waals surface area contributed by atoms with Crippen molar-refractivity contribution >= 4 is 57.2 Å². The average molecular weight is 390 g/mol.